The summed E-state index contributed by atoms with van der Waals surface area (Å²) < 4.78 is 18.2. The molecule has 0 bridgehead atoms. The first-order valence-corrected chi connectivity index (χ1v) is 10.1. The number of aliphatic hydroxyl groups is 1. The van der Waals surface area contributed by atoms with Crippen LogP contribution in [0.3, 0.4) is 0 Å². The van der Waals surface area contributed by atoms with Crippen molar-refractivity contribution in [2.45, 2.75) is 78.6 Å². The van der Waals surface area contributed by atoms with E-state index in [0.717, 1.165) is 45.7 Å². The van der Waals surface area contributed by atoms with Crippen LogP contribution in [0, 0.1) is 19.8 Å². The zero-order valence-electron chi connectivity index (χ0n) is 17.8. The predicted molar refractivity (Wildman–Crippen MR) is 108 cm³/mol. The minimum absolute atomic E-state index is 0.343. The van der Waals surface area contributed by atoms with Gasteiger partial charge >= 0.3 is 5.97 Å². The number of carbonyl (C=O) groups excluding carboxylic acids is 1. The molecule has 5 heteroatoms. The van der Waals surface area contributed by atoms with Gasteiger partial charge in [0.2, 0.25) is 0 Å². The van der Waals surface area contributed by atoms with Gasteiger partial charge < -0.3 is 19.3 Å². The molecule has 1 aromatic carbocycles. The molecule has 0 spiro atoms. The van der Waals surface area contributed by atoms with Gasteiger partial charge in [0.05, 0.1) is 12.0 Å². The van der Waals surface area contributed by atoms with Crippen molar-refractivity contribution in [2.24, 2.45) is 5.92 Å². The summed E-state index contributed by atoms with van der Waals surface area (Å²) in [5.41, 5.74) is 4.45. The maximum absolute atomic E-state index is 12.5. The molecule has 0 saturated carbocycles. The molecule has 1 unspecified atom stereocenters. The van der Waals surface area contributed by atoms with Crippen molar-refractivity contribution in [1.82, 2.24) is 0 Å². The van der Waals surface area contributed by atoms with Gasteiger partial charge in [-0.15, -0.1) is 0 Å². The number of cyclic esters (lactones) is 1. The number of ether oxygens (including phenoxy) is 3. The van der Waals surface area contributed by atoms with Crippen LogP contribution in [0.25, 0.3) is 0 Å². The van der Waals surface area contributed by atoms with E-state index in [1.807, 2.05) is 27.7 Å². The van der Waals surface area contributed by atoms with Gasteiger partial charge in [-0.25, -0.2) is 0 Å². The van der Waals surface area contributed by atoms with Crippen molar-refractivity contribution in [3.8, 4) is 11.5 Å². The molecule has 1 saturated heterocycles. The molecule has 1 N–H and O–H groups in total. The van der Waals surface area contributed by atoms with Gasteiger partial charge in [0.25, 0.3) is 0 Å². The highest BCUT2D eigenvalue weighted by atomic mass is 16.6. The minimum Gasteiger partial charge on any atom is -0.489 e. The third-order valence-electron chi connectivity index (χ3n) is 5.74. The SMILES string of the molecule is C=C(C)COc1c(C)c2c(c(C3C[C@H](O)[C@@H](CC)C(=O)O3)c1C)OC(C)(C)C2. The Bertz CT molecular complexity index is 808. The summed E-state index contributed by atoms with van der Waals surface area (Å²) in [5, 5.41) is 10.5. The Kier molecular flexibility index (Phi) is 5.50. The van der Waals surface area contributed by atoms with E-state index < -0.39 is 18.1 Å². The van der Waals surface area contributed by atoms with Crippen LogP contribution in [-0.4, -0.2) is 29.4 Å². The van der Waals surface area contributed by atoms with Crippen molar-refractivity contribution in [2.75, 3.05) is 6.61 Å². The second-order valence-electron chi connectivity index (χ2n) is 8.83. The molecule has 154 valence electrons. The third kappa shape index (κ3) is 3.64. The molecule has 0 amide bonds. The maximum Gasteiger partial charge on any atom is 0.312 e. The van der Waals surface area contributed by atoms with E-state index >= 15 is 0 Å². The lowest BCUT2D eigenvalue weighted by molar-refractivity contribution is -0.170. The number of carbonyl (C=O) groups is 1. The number of esters is 1. The first kappa shape index (κ1) is 20.7. The van der Waals surface area contributed by atoms with E-state index in [9.17, 15) is 9.90 Å². The van der Waals surface area contributed by atoms with Crippen molar-refractivity contribution >= 4 is 5.97 Å². The highest BCUT2D eigenvalue weighted by Crippen LogP contribution is 2.50. The monoisotopic (exact) mass is 388 g/mol. The fraction of sp³-hybridized carbons (Fsp3) is 0.609. The normalized spacial score (nSPS) is 25.7. The Morgan fingerprint density at radius 1 is 1.32 bits per heavy atom. The number of aliphatic hydroxyl groups excluding tert-OH is 1. The van der Waals surface area contributed by atoms with Crippen LogP contribution in [0.4, 0.5) is 0 Å². The summed E-state index contributed by atoms with van der Waals surface area (Å²) in [6, 6.07) is 0. The maximum atomic E-state index is 12.5. The standard InChI is InChI=1S/C23H32O5/c1-8-15-17(24)9-18(27-22(15)25)19-14(5)20(26-11-12(2)3)13(4)16-10-23(6,7)28-21(16)19/h15,17-18,24H,2,8-11H2,1,3-7H3/t15-,17+,18?/m1/s1. The second-order valence-corrected chi connectivity index (χ2v) is 8.83. The predicted octanol–water partition coefficient (Wildman–Crippen LogP) is 4.35. The molecule has 0 aliphatic carbocycles. The lowest BCUT2D eigenvalue weighted by Gasteiger charge is -2.34. The largest absolute Gasteiger partial charge is 0.489 e. The number of rotatable bonds is 5. The van der Waals surface area contributed by atoms with Crippen LogP contribution >= 0.6 is 0 Å². The number of benzene rings is 1. The minimum atomic E-state index is -0.721. The number of hydrogen-bond donors (Lipinski definition) is 1. The molecular formula is C23H32O5. The molecule has 2 aliphatic rings. The van der Waals surface area contributed by atoms with Crippen LogP contribution < -0.4 is 9.47 Å². The van der Waals surface area contributed by atoms with E-state index in [-0.39, 0.29) is 11.6 Å². The van der Waals surface area contributed by atoms with E-state index in [2.05, 4.69) is 20.4 Å². The molecule has 0 radical (unpaired) electrons. The molecule has 28 heavy (non-hydrogen) atoms. The van der Waals surface area contributed by atoms with E-state index in [1.54, 1.807) is 0 Å². The van der Waals surface area contributed by atoms with Crippen LogP contribution in [0.15, 0.2) is 12.2 Å². The number of hydrogen-bond acceptors (Lipinski definition) is 5. The zero-order valence-corrected chi connectivity index (χ0v) is 17.8. The van der Waals surface area contributed by atoms with E-state index in [4.69, 9.17) is 14.2 Å². The quantitative estimate of drug-likeness (QED) is 0.600. The fourth-order valence-corrected chi connectivity index (χ4v) is 4.34. The molecule has 0 aromatic heterocycles. The highest BCUT2D eigenvalue weighted by molar-refractivity contribution is 5.75. The van der Waals surface area contributed by atoms with Crippen molar-refractivity contribution in [1.29, 1.82) is 0 Å². The van der Waals surface area contributed by atoms with Crippen LogP contribution in [0.2, 0.25) is 0 Å². The lowest BCUT2D eigenvalue weighted by Crippen LogP contribution is -2.38. The topological polar surface area (TPSA) is 65.0 Å². The molecule has 3 rings (SSSR count). The molecule has 5 nitrogen and oxygen atoms in total. The van der Waals surface area contributed by atoms with Gasteiger partial charge in [-0.2, -0.15) is 0 Å². The Hall–Kier alpha value is -2.01. The summed E-state index contributed by atoms with van der Waals surface area (Å²) in [7, 11) is 0. The first-order chi connectivity index (χ1) is 13.1. The van der Waals surface area contributed by atoms with Crippen LogP contribution in [0.1, 0.15) is 68.9 Å². The summed E-state index contributed by atoms with van der Waals surface area (Å²) >= 11 is 0. The average molecular weight is 389 g/mol. The molecule has 1 fully saturated rings. The lowest BCUT2D eigenvalue weighted by atomic mass is 9.85. The van der Waals surface area contributed by atoms with Gasteiger partial charge in [-0.3, -0.25) is 4.79 Å². The second kappa shape index (κ2) is 7.43. The summed E-state index contributed by atoms with van der Waals surface area (Å²) in [4.78, 5) is 12.5. The van der Waals surface area contributed by atoms with E-state index in [0.29, 0.717) is 19.4 Å². The van der Waals surface area contributed by atoms with Crippen molar-refractivity contribution in [3.05, 3.63) is 34.4 Å². The molecular weight excluding hydrogens is 356 g/mol. The molecule has 3 atom stereocenters. The molecule has 2 heterocycles. The van der Waals surface area contributed by atoms with Gasteiger partial charge in [0.15, 0.2) is 0 Å². The first-order valence-electron chi connectivity index (χ1n) is 10.1. The molecule has 2 aliphatic heterocycles. The van der Waals surface area contributed by atoms with Crippen molar-refractivity contribution < 1.29 is 24.1 Å². The van der Waals surface area contributed by atoms with Crippen molar-refractivity contribution in [3.63, 3.8) is 0 Å². The van der Waals surface area contributed by atoms with Crippen LogP contribution in [-0.2, 0) is 16.0 Å². The average Bonchev–Trinajstić information content (AvgIpc) is 2.89. The van der Waals surface area contributed by atoms with E-state index in [1.165, 1.54) is 0 Å². The number of fused-ring (bicyclic) bond motifs is 1. The van der Waals surface area contributed by atoms with Crippen LogP contribution in [0.5, 0.6) is 11.5 Å². The fourth-order valence-electron chi connectivity index (χ4n) is 4.34. The van der Waals surface area contributed by atoms with Gasteiger partial charge in [-0.05, 0) is 52.2 Å². The smallest absolute Gasteiger partial charge is 0.312 e. The van der Waals surface area contributed by atoms with Gasteiger partial charge in [-0.1, -0.05) is 13.5 Å². The van der Waals surface area contributed by atoms with Gasteiger partial charge in [0, 0.05) is 29.5 Å². The Labute approximate surface area is 167 Å². The summed E-state index contributed by atoms with van der Waals surface area (Å²) in [6.07, 6.45) is 0.423. The Morgan fingerprint density at radius 3 is 2.57 bits per heavy atom. The zero-order chi connectivity index (χ0) is 20.8. The summed E-state index contributed by atoms with van der Waals surface area (Å²) in [6.45, 7) is 16.3. The Morgan fingerprint density at radius 2 is 2.00 bits per heavy atom. The third-order valence-corrected chi connectivity index (χ3v) is 5.74. The molecule has 1 aromatic rings. The Balaban J connectivity index is 2.10. The summed E-state index contributed by atoms with van der Waals surface area (Å²) in [5.74, 6) is 0.761. The highest BCUT2D eigenvalue weighted by Gasteiger charge is 2.43. The van der Waals surface area contributed by atoms with Gasteiger partial charge in [0.1, 0.15) is 29.8 Å².